The molecule has 0 aromatic heterocycles. The van der Waals surface area contributed by atoms with Gasteiger partial charge in [-0.2, -0.15) is 9.78 Å². The van der Waals surface area contributed by atoms with Gasteiger partial charge in [0.15, 0.2) is 0 Å². The van der Waals surface area contributed by atoms with E-state index in [2.05, 4.69) is 6.92 Å². The first-order chi connectivity index (χ1) is 7.90. The highest BCUT2D eigenvalue weighted by molar-refractivity contribution is 5.16. The molecule has 1 aromatic carbocycles. The molecule has 0 saturated carbocycles. The molecule has 1 aliphatic rings. The molecule has 3 nitrogen and oxygen atoms in total. The molecule has 86 valence electrons. The molecule has 1 aliphatic heterocycles. The third kappa shape index (κ3) is 2.92. The Morgan fingerprint density at radius 3 is 2.75 bits per heavy atom. The van der Waals surface area contributed by atoms with Crippen molar-refractivity contribution in [2.75, 3.05) is 0 Å². The van der Waals surface area contributed by atoms with E-state index in [0.717, 1.165) is 18.4 Å². The molecule has 2 atom stereocenters. The van der Waals surface area contributed by atoms with Crippen LogP contribution in [0.15, 0.2) is 42.5 Å². The Labute approximate surface area is 95.6 Å². The predicted octanol–water partition coefficient (Wildman–Crippen LogP) is 3.35. The molecule has 16 heavy (non-hydrogen) atoms. The van der Waals surface area contributed by atoms with E-state index in [1.165, 1.54) is 0 Å². The van der Waals surface area contributed by atoms with Gasteiger partial charge >= 0.3 is 0 Å². The molecule has 2 unspecified atom stereocenters. The Morgan fingerprint density at radius 2 is 2.00 bits per heavy atom. The second kappa shape index (κ2) is 5.80. The number of hydrogen-bond acceptors (Lipinski definition) is 3. The highest BCUT2D eigenvalue weighted by Gasteiger charge is 2.26. The maximum Gasteiger partial charge on any atom is 0.220 e. The summed E-state index contributed by atoms with van der Waals surface area (Å²) in [4.78, 5) is 10.2. The number of ether oxygens (including phenoxy) is 1. The molecule has 1 heterocycles. The lowest BCUT2D eigenvalue weighted by Gasteiger charge is -2.05. The van der Waals surface area contributed by atoms with Gasteiger partial charge in [-0.3, -0.25) is 0 Å². The van der Waals surface area contributed by atoms with Crippen molar-refractivity contribution in [1.29, 1.82) is 0 Å². The standard InChI is InChI=1S/C13H16O3/c1-2-3-5-10-12-14-13(16-15-12)11-8-6-4-7-9-11/h4-10,12-13H,2-3H2,1H3/b10-5+. The van der Waals surface area contributed by atoms with Gasteiger partial charge in [-0.25, -0.2) is 0 Å². The third-order valence-corrected chi connectivity index (χ3v) is 2.32. The molecule has 0 spiro atoms. The van der Waals surface area contributed by atoms with Crippen molar-refractivity contribution < 1.29 is 14.5 Å². The van der Waals surface area contributed by atoms with Crippen LogP contribution in [0.2, 0.25) is 0 Å². The number of rotatable bonds is 4. The Bertz CT molecular complexity index is 334. The third-order valence-electron chi connectivity index (χ3n) is 2.32. The average Bonchev–Trinajstić information content (AvgIpc) is 2.79. The highest BCUT2D eigenvalue weighted by atomic mass is 17.3. The van der Waals surface area contributed by atoms with Crippen LogP contribution in [-0.4, -0.2) is 6.29 Å². The first-order valence-electron chi connectivity index (χ1n) is 5.59. The second-order valence-electron chi connectivity index (χ2n) is 3.66. The van der Waals surface area contributed by atoms with Crippen molar-refractivity contribution in [2.24, 2.45) is 0 Å². The Hall–Kier alpha value is -1.16. The minimum Gasteiger partial charge on any atom is -0.310 e. The maximum atomic E-state index is 5.56. The summed E-state index contributed by atoms with van der Waals surface area (Å²) in [7, 11) is 0. The summed E-state index contributed by atoms with van der Waals surface area (Å²) < 4.78 is 5.56. The van der Waals surface area contributed by atoms with Gasteiger partial charge in [-0.1, -0.05) is 49.8 Å². The summed E-state index contributed by atoms with van der Waals surface area (Å²) in [5.74, 6) is 0. The smallest absolute Gasteiger partial charge is 0.220 e. The number of hydrogen-bond donors (Lipinski definition) is 0. The van der Waals surface area contributed by atoms with Crippen LogP contribution in [-0.2, 0) is 14.5 Å². The molecule has 0 N–H and O–H groups in total. The van der Waals surface area contributed by atoms with Crippen LogP contribution in [0.4, 0.5) is 0 Å². The van der Waals surface area contributed by atoms with Gasteiger partial charge < -0.3 is 4.74 Å². The summed E-state index contributed by atoms with van der Waals surface area (Å²) in [6, 6.07) is 9.75. The van der Waals surface area contributed by atoms with E-state index in [0.29, 0.717) is 0 Å². The largest absolute Gasteiger partial charge is 0.310 e. The van der Waals surface area contributed by atoms with Crippen LogP contribution in [0.5, 0.6) is 0 Å². The zero-order valence-corrected chi connectivity index (χ0v) is 9.34. The van der Waals surface area contributed by atoms with Gasteiger partial charge in [-0.05, 0) is 12.5 Å². The Kier molecular flexibility index (Phi) is 4.10. The lowest BCUT2D eigenvalue weighted by atomic mass is 10.2. The van der Waals surface area contributed by atoms with Crippen LogP contribution < -0.4 is 0 Å². The van der Waals surface area contributed by atoms with Crippen molar-refractivity contribution in [3.05, 3.63) is 48.0 Å². The Balaban J connectivity index is 1.88. The molecular weight excluding hydrogens is 204 g/mol. The van der Waals surface area contributed by atoms with Gasteiger partial charge in [0.2, 0.25) is 12.6 Å². The van der Waals surface area contributed by atoms with E-state index >= 15 is 0 Å². The van der Waals surface area contributed by atoms with E-state index in [1.54, 1.807) is 0 Å². The predicted molar refractivity (Wildman–Crippen MR) is 60.3 cm³/mol. The fourth-order valence-corrected chi connectivity index (χ4v) is 1.47. The van der Waals surface area contributed by atoms with E-state index in [1.807, 2.05) is 42.5 Å². The summed E-state index contributed by atoms with van der Waals surface area (Å²) >= 11 is 0. The minimum atomic E-state index is -0.419. The van der Waals surface area contributed by atoms with Crippen LogP contribution in [0.1, 0.15) is 31.6 Å². The van der Waals surface area contributed by atoms with Crippen LogP contribution in [0, 0.1) is 0 Å². The number of benzene rings is 1. The molecular formula is C13H16O3. The van der Waals surface area contributed by atoms with Gasteiger partial charge in [0.25, 0.3) is 0 Å². The number of allylic oxidation sites excluding steroid dienone is 1. The van der Waals surface area contributed by atoms with Crippen molar-refractivity contribution >= 4 is 0 Å². The van der Waals surface area contributed by atoms with Crippen molar-refractivity contribution in [2.45, 2.75) is 32.3 Å². The summed E-state index contributed by atoms with van der Waals surface area (Å²) in [6.07, 6.45) is 5.26. The summed E-state index contributed by atoms with van der Waals surface area (Å²) in [6.45, 7) is 2.13. The first-order valence-corrected chi connectivity index (χ1v) is 5.59. The van der Waals surface area contributed by atoms with E-state index < -0.39 is 12.6 Å². The molecule has 0 bridgehead atoms. The van der Waals surface area contributed by atoms with Crippen molar-refractivity contribution in [3.63, 3.8) is 0 Å². The fourth-order valence-electron chi connectivity index (χ4n) is 1.47. The Morgan fingerprint density at radius 1 is 1.19 bits per heavy atom. The minimum absolute atomic E-state index is 0.392. The van der Waals surface area contributed by atoms with E-state index in [-0.39, 0.29) is 0 Å². The second-order valence-corrected chi connectivity index (χ2v) is 3.66. The van der Waals surface area contributed by atoms with E-state index in [4.69, 9.17) is 14.5 Å². The van der Waals surface area contributed by atoms with Gasteiger partial charge in [0.05, 0.1) is 0 Å². The summed E-state index contributed by atoms with van der Waals surface area (Å²) in [5.41, 5.74) is 0.967. The molecule has 1 fully saturated rings. The fraction of sp³-hybridized carbons (Fsp3) is 0.385. The van der Waals surface area contributed by atoms with Crippen LogP contribution >= 0.6 is 0 Å². The molecule has 1 saturated heterocycles. The molecule has 0 aliphatic carbocycles. The van der Waals surface area contributed by atoms with E-state index in [9.17, 15) is 0 Å². The first kappa shape index (κ1) is 11.3. The molecule has 0 amide bonds. The monoisotopic (exact) mass is 220 g/mol. The highest BCUT2D eigenvalue weighted by Crippen LogP contribution is 2.28. The topological polar surface area (TPSA) is 27.7 Å². The average molecular weight is 220 g/mol. The van der Waals surface area contributed by atoms with Gasteiger partial charge in [0.1, 0.15) is 0 Å². The lowest BCUT2D eigenvalue weighted by molar-refractivity contribution is -0.291. The maximum absolute atomic E-state index is 5.56. The quantitative estimate of drug-likeness (QED) is 0.575. The normalized spacial score (nSPS) is 25.3. The van der Waals surface area contributed by atoms with Crippen LogP contribution in [0.25, 0.3) is 0 Å². The number of unbranched alkanes of at least 4 members (excludes halogenated alkanes) is 1. The zero-order valence-electron chi connectivity index (χ0n) is 9.34. The molecule has 2 rings (SSSR count). The van der Waals surface area contributed by atoms with Crippen LogP contribution in [0.3, 0.4) is 0 Å². The van der Waals surface area contributed by atoms with Gasteiger partial charge in [-0.15, -0.1) is 0 Å². The molecule has 1 aromatic rings. The molecule has 3 heteroatoms. The van der Waals surface area contributed by atoms with Gasteiger partial charge in [0, 0.05) is 5.56 Å². The summed E-state index contributed by atoms with van der Waals surface area (Å²) in [5, 5.41) is 0. The van der Waals surface area contributed by atoms with Crippen molar-refractivity contribution in [3.8, 4) is 0 Å². The lowest BCUT2D eigenvalue weighted by Crippen LogP contribution is -2.03. The van der Waals surface area contributed by atoms with Crippen molar-refractivity contribution in [1.82, 2.24) is 0 Å². The zero-order chi connectivity index (χ0) is 11.2. The molecule has 0 radical (unpaired) electrons. The SMILES string of the molecule is CCC/C=C/C1OOC(c2ccccc2)O1.